The van der Waals surface area contributed by atoms with E-state index in [-0.39, 0.29) is 18.3 Å². The Hall–Kier alpha value is -3.04. The molecular formula is C11H13N7O3. The third-order valence-corrected chi connectivity index (χ3v) is 2.42. The van der Waals surface area contributed by atoms with E-state index in [1.807, 2.05) is 0 Å². The first-order valence-electron chi connectivity index (χ1n) is 6.10. The second-order valence-corrected chi connectivity index (χ2v) is 3.98. The van der Waals surface area contributed by atoms with Gasteiger partial charge in [-0.05, 0) is 11.0 Å². The Kier molecular flexibility index (Phi) is 4.75. The first-order chi connectivity index (χ1) is 10.1. The van der Waals surface area contributed by atoms with Crippen molar-refractivity contribution in [3.05, 3.63) is 40.8 Å². The predicted octanol–water partition coefficient (Wildman–Crippen LogP) is -0.190. The standard InChI is InChI=1S/C11H13N7O3/c19-10(8-17-7-2-9(16-17)18(20)21)12-5-6-15-11-13-3-1-4-14-11/h1-4,7H,5-6,8H2,(H,12,19)(H,13,14,15). The molecule has 0 aromatic carbocycles. The summed E-state index contributed by atoms with van der Waals surface area (Å²) in [4.78, 5) is 29.4. The Balaban J connectivity index is 1.68. The number of carbonyl (C=O) groups excluding carboxylic acids is 1. The molecule has 2 rings (SSSR count). The molecule has 0 saturated carbocycles. The fraction of sp³-hybridized carbons (Fsp3) is 0.273. The average Bonchev–Trinajstić information content (AvgIpc) is 2.93. The summed E-state index contributed by atoms with van der Waals surface area (Å²) in [5.74, 6) is -0.0936. The predicted molar refractivity (Wildman–Crippen MR) is 72.4 cm³/mol. The molecule has 10 heteroatoms. The molecule has 0 spiro atoms. The summed E-state index contributed by atoms with van der Waals surface area (Å²) in [6.45, 7) is 0.769. The number of nitro groups is 1. The molecule has 2 N–H and O–H groups in total. The lowest BCUT2D eigenvalue weighted by Crippen LogP contribution is -2.32. The van der Waals surface area contributed by atoms with Crippen LogP contribution in [0.15, 0.2) is 30.7 Å². The maximum absolute atomic E-state index is 11.6. The maximum Gasteiger partial charge on any atom is 0.389 e. The molecule has 2 aromatic heterocycles. The van der Waals surface area contributed by atoms with Crippen molar-refractivity contribution in [2.75, 3.05) is 18.4 Å². The lowest BCUT2D eigenvalue weighted by atomic mass is 10.5. The smallest absolute Gasteiger partial charge is 0.358 e. The molecule has 0 aliphatic carbocycles. The van der Waals surface area contributed by atoms with Crippen molar-refractivity contribution >= 4 is 17.7 Å². The van der Waals surface area contributed by atoms with Crippen molar-refractivity contribution in [1.82, 2.24) is 25.1 Å². The Morgan fingerprint density at radius 3 is 2.76 bits per heavy atom. The van der Waals surface area contributed by atoms with Gasteiger partial charge in [-0.2, -0.15) is 4.68 Å². The van der Waals surface area contributed by atoms with E-state index >= 15 is 0 Å². The van der Waals surface area contributed by atoms with Crippen LogP contribution in [0.1, 0.15) is 0 Å². The third-order valence-electron chi connectivity index (χ3n) is 2.42. The largest absolute Gasteiger partial charge is 0.389 e. The van der Waals surface area contributed by atoms with E-state index in [4.69, 9.17) is 0 Å². The van der Waals surface area contributed by atoms with Gasteiger partial charge in [0.25, 0.3) is 0 Å². The number of anilines is 1. The molecule has 0 atom stereocenters. The topological polar surface area (TPSA) is 128 Å². The number of rotatable bonds is 7. The summed E-state index contributed by atoms with van der Waals surface area (Å²) in [5, 5.41) is 19.7. The molecular weight excluding hydrogens is 278 g/mol. The van der Waals surface area contributed by atoms with Gasteiger partial charge in [-0.15, -0.1) is 0 Å². The van der Waals surface area contributed by atoms with Gasteiger partial charge in [0.05, 0.1) is 17.4 Å². The fourth-order valence-electron chi connectivity index (χ4n) is 1.51. The van der Waals surface area contributed by atoms with Gasteiger partial charge in [-0.3, -0.25) is 4.79 Å². The van der Waals surface area contributed by atoms with Crippen LogP contribution in [0, 0.1) is 10.1 Å². The second kappa shape index (κ2) is 6.93. The summed E-state index contributed by atoms with van der Waals surface area (Å²) in [5.41, 5.74) is 0. The van der Waals surface area contributed by atoms with Gasteiger partial charge in [0, 0.05) is 25.5 Å². The van der Waals surface area contributed by atoms with Crippen molar-refractivity contribution in [2.45, 2.75) is 6.54 Å². The van der Waals surface area contributed by atoms with Crippen LogP contribution in [0.3, 0.4) is 0 Å². The van der Waals surface area contributed by atoms with Crippen LogP contribution in [0.25, 0.3) is 0 Å². The molecule has 1 amide bonds. The molecule has 0 saturated heterocycles. The molecule has 0 fully saturated rings. The molecule has 0 radical (unpaired) electrons. The zero-order chi connectivity index (χ0) is 15.1. The zero-order valence-electron chi connectivity index (χ0n) is 11.0. The van der Waals surface area contributed by atoms with Gasteiger partial charge < -0.3 is 20.7 Å². The van der Waals surface area contributed by atoms with E-state index in [2.05, 4.69) is 25.7 Å². The average molecular weight is 291 g/mol. The summed E-state index contributed by atoms with van der Waals surface area (Å²) >= 11 is 0. The number of nitrogens with zero attached hydrogens (tertiary/aromatic N) is 5. The molecule has 0 unspecified atom stereocenters. The quantitative estimate of drug-likeness (QED) is 0.411. The zero-order valence-corrected chi connectivity index (χ0v) is 11.0. The minimum atomic E-state index is -0.613. The summed E-state index contributed by atoms with van der Waals surface area (Å²) in [6.07, 6.45) is 4.60. The number of aromatic nitrogens is 4. The second-order valence-electron chi connectivity index (χ2n) is 3.98. The van der Waals surface area contributed by atoms with Crippen LogP contribution in [0.4, 0.5) is 11.8 Å². The highest BCUT2D eigenvalue weighted by Gasteiger charge is 2.12. The highest BCUT2D eigenvalue weighted by atomic mass is 16.6. The molecule has 0 aliphatic heterocycles. The van der Waals surface area contributed by atoms with E-state index in [1.54, 1.807) is 18.5 Å². The highest BCUT2D eigenvalue weighted by Crippen LogP contribution is 2.04. The van der Waals surface area contributed by atoms with Gasteiger partial charge in [0.2, 0.25) is 11.9 Å². The van der Waals surface area contributed by atoms with E-state index in [1.165, 1.54) is 16.9 Å². The molecule has 2 heterocycles. The van der Waals surface area contributed by atoms with Crippen molar-refractivity contribution in [2.24, 2.45) is 0 Å². The molecule has 110 valence electrons. The van der Waals surface area contributed by atoms with Gasteiger partial charge in [-0.1, -0.05) is 0 Å². The minimum absolute atomic E-state index is 0.0737. The van der Waals surface area contributed by atoms with Crippen molar-refractivity contribution < 1.29 is 9.72 Å². The van der Waals surface area contributed by atoms with Gasteiger partial charge in [0.1, 0.15) is 6.54 Å². The Morgan fingerprint density at radius 2 is 2.10 bits per heavy atom. The first kappa shape index (κ1) is 14.4. The summed E-state index contributed by atoms with van der Waals surface area (Å²) in [6, 6.07) is 2.94. The van der Waals surface area contributed by atoms with Crippen molar-refractivity contribution in [3.63, 3.8) is 0 Å². The third kappa shape index (κ3) is 4.53. The van der Waals surface area contributed by atoms with Crippen LogP contribution in [-0.2, 0) is 11.3 Å². The van der Waals surface area contributed by atoms with Gasteiger partial charge >= 0.3 is 5.82 Å². The number of hydrogen-bond donors (Lipinski definition) is 2. The monoisotopic (exact) mass is 291 g/mol. The Morgan fingerprint density at radius 1 is 1.33 bits per heavy atom. The molecule has 21 heavy (non-hydrogen) atoms. The first-order valence-corrected chi connectivity index (χ1v) is 6.10. The SMILES string of the molecule is O=C(Cn1ccc([N+](=O)[O-])n1)NCCNc1ncccn1. The van der Waals surface area contributed by atoms with E-state index < -0.39 is 4.92 Å². The summed E-state index contributed by atoms with van der Waals surface area (Å²) < 4.78 is 1.21. The van der Waals surface area contributed by atoms with Gasteiger partial charge in [-0.25, -0.2) is 9.97 Å². The molecule has 2 aromatic rings. The molecule has 10 nitrogen and oxygen atoms in total. The lowest BCUT2D eigenvalue weighted by molar-refractivity contribution is -0.389. The fourth-order valence-corrected chi connectivity index (χ4v) is 1.51. The number of nitrogens with one attached hydrogen (secondary N) is 2. The molecule has 0 aliphatic rings. The Bertz CT molecular complexity index is 613. The van der Waals surface area contributed by atoms with Crippen molar-refractivity contribution in [1.29, 1.82) is 0 Å². The van der Waals surface area contributed by atoms with Crippen LogP contribution in [0.2, 0.25) is 0 Å². The normalized spacial score (nSPS) is 10.1. The van der Waals surface area contributed by atoms with E-state index in [9.17, 15) is 14.9 Å². The highest BCUT2D eigenvalue weighted by molar-refractivity contribution is 5.75. The molecule has 0 bridgehead atoms. The number of hydrogen-bond acceptors (Lipinski definition) is 7. The van der Waals surface area contributed by atoms with Crippen LogP contribution in [-0.4, -0.2) is 43.7 Å². The minimum Gasteiger partial charge on any atom is -0.358 e. The maximum atomic E-state index is 11.6. The van der Waals surface area contributed by atoms with Crippen LogP contribution in [0.5, 0.6) is 0 Å². The van der Waals surface area contributed by atoms with E-state index in [0.29, 0.717) is 19.0 Å². The van der Waals surface area contributed by atoms with E-state index in [0.717, 1.165) is 0 Å². The summed E-state index contributed by atoms with van der Waals surface area (Å²) in [7, 11) is 0. The van der Waals surface area contributed by atoms with Gasteiger partial charge in [0.15, 0.2) is 0 Å². The number of amides is 1. The lowest BCUT2D eigenvalue weighted by Gasteiger charge is -2.05. The van der Waals surface area contributed by atoms with Crippen molar-refractivity contribution in [3.8, 4) is 0 Å². The number of carbonyl (C=O) groups is 1. The van der Waals surface area contributed by atoms with Crippen LogP contribution >= 0.6 is 0 Å². The Labute approximate surface area is 119 Å². The van der Waals surface area contributed by atoms with Crippen LogP contribution < -0.4 is 10.6 Å².